The van der Waals surface area contributed by atoms with Crippen LogP contribution >= 0.6 is 15.9 Å². The van der Waals surface area contributed by atoms with E-state index in [9.17, 15) is 27.7 Å². The van der Waals surface area contributed by atoms with Crippen LogP contribution in [-0.4, -0.2) is 32.3 Å². The number of carbonyl (C=O) groups is 1. The summed E-state index contributed by atoms with van der Waals surface area (Å²) in [4.78, 5) is 21.6. The number of hydrogen-bond acceptors (Lipinski definition) is 5. The first-order chi connectivity index (χ1) is 12.2. The SMILES string of the molecule is O=C(NCCNS(=O)(=O)c1cccc([N+](=O)[O-])c1)c1ccc(Br)c(F)c1. The van der Waals surface area contributed by atoms with Crippen LogP contribution in [0.3, 0.4) is 0 Å². The van der Waals surface area contributed by atoms with Crippen molar-refractivity contribution in [3.8, 4) is 0 Å². The van der Waals surface area contributed by atoms with E-state index in [0.29, 0.717) is 0 Å². The zero-order chi connectivity index (χ0) is 19.3. The minimum Gasteiger partial charge on any atom is -0.351 e. The molecule has 0 atom stereocenters. The van der Waals surface area contributed by atoms with Crippen LogP contribution in [0.25, 0.3) is 0 Å². The Morgan fingerprint density at radius 3 is 2.58 bits per heavy atom. The number of non-ortho nitro benzene ring substituents is 1. The van der Waals surface area contributed by atoms with Crippen LogP contribution in [0.1, 0.15) is 10.4 Å². The van der Waals surface area contributed by atoms with Gasteiger partial charge in [0.05, 0.1) is 14.3 Å². The summed E-state index contributed by atoms with van der Waals surface area (Å²) in [5, 5.41) is 13.2. The van der Waals surface area contributed by atoms with Crippen molar-refractivity contribution in [1.29, 1.82) is 0 Å². The fourth-order valence-electron chi connectivity index (χ4n) is 1.95. The van der Waals surface area contributed by atoms with Crippen LogP contribution in [0, 0.1) is 15.9 Å². The topological polar surface area (TPSA) is 118 Å². The van der Waals surface area contributed by atoms with Gasteiger partial charge in [-0.1, -0.05) is 6.07 Å². The Balaban J connectivity index is 1.92. The third-order valence-corrected chi connectivity index (χ3v) is 5.32. The molecule has 0 heterocycles. The second kappa shape index (κ2) is 8.34. The fraction of sp³-hybridized carbons (Fsp3) is 0.133. The van der Waals surface area contributed by atoms with Crippen molar-refractivity contribution in [1.82, 2.24) is 10.0 Å². The average molecular weight is 446 g/mol. The third kappa shape index (κ3) is 5.07. The van der Waals surface area contributed by atoms with Gasteiger partial charge in [0, 0.05) is 30.8 Å². The molecule has 0 aromatic heterocycles. The molecule has 138 valence electrons. The molecule has 2 N–H and O–H groups in total. The van der Waals surface area contributed by atoms with Gasteiger partial charge in [-0.25, -0.2) is 17.5 Å². The number of halogens is 2. The van der Waals surface area contributed by atoms with Gasteiger partial charge in [-0.15, -0.1) is 0 Å². The standard InChI is InChI=1S/C15H13BrFN3O5S/c16-13-5-4-10(8-14(13)17)15(21)18-6-7-19-26(24,25)12-3-1-2-11(9-12)20(22)23/h1-5,8-9,19H,6-7H2,(H,18,21). The van der Waals surface area contributed by atoms with E-state index in [1.54, 1.807) is 0 Å². The molecule has 11 heteroatoms. The Bertz CT molecular complexity index is 952. The smallest absolute Gasteiger partial charge is 0.270 e. The Kier molecular flexibility index (Phi) is 6.40. The highest BCUT2D eigenvalue weighted by Crippen LogP contribution is 2.17. The zero-order valence-electron chi connectivity index (χ0n) is 13.1. The molecule has 26 heavy (non-hydrogen) atoms. The zero-order valence-corrected chi connectivity index (χ0v) is 15.5. The first-order valence-electron chi connectivity index (χ1n) is 7.18. The molecule has 0 aliphatic rings. The first kappa shape index (κ1) is 19.9. The lowest BCUT2D eigenvalue weighted by atomic mass is 10.2. The second-order valence-electron chi connectivity index (χ2n) is 5.04. The number of nitrogens with zero attached hydrogens (tertiary/aromatic N) is 1. The normalized spacial score (nSPS) is 11.2. The van der Waals surface area contributed by atoms with Crippen molar-refractivity contribution in [3.63, 3.8) is 0 Å². The lowest BCUT2D eigenvalue weighted by Crippen LogP contribution is -2.34. The summed E-state index contributed by atoms with van der Waals surface area (Å²) >= 11 is 2.97. The lowest BCUT2D eigenvalue weighted by molar-refractivity contribution is -0.385. The lowest BCUT2D eigenvalue weighted by Gasteiger charge is -2.08. The van der Waals surface area contributed by atoms with Crippen LogP contribution in [0.4, 0.5) is 10.1 Å². The van der Waals surface area contributed by atoms with Gasteiger partial charge in [0.1, 0.15) is 5.82 Å². The van der Waals surface area contributed by atoms with E-state index in [1.807, 2.05) is 0 Å². The number of benzene rings is 2. The number of carbonyl (C=O) groups excluding carboxylic acids is 1. The molecule has 8 nitrogen and oxygen atoms in total. The highest BCUT2D eigenvalue weighted by molar-refractivity contribution is 9.10. The molecule has 0 bridgehead atoms. The van der Waals surface area contributed by atoms with Gasteiger partial charge in [-0.2, -0.15) is 0 Å². The highest BCUT2D eigenvalue weighted by Gasteiger charge is 2.17. The maximum Gasteiger partial charge on any atom is 0.270 e. The molecule has 0 saturated carbocycles. The van der Waals surface area contributed by atoms with Gasteiger partial charge < -0.3 is 5.32 Å². The van der Waals surface area contributed by atoms with E-state index >= 15 is 0 Å². The fourth-order valence-corrected chi connectivity index (χ4v) is 3.27. The Morgan fingerprint density at radius 2 is 1.92 bits per heavy atom. The number of nitro groups is 1. The Hall–Kier alpha value is -2.37. The molecule has 0 fully saturated rings. The largest absolute Gasteiger partial charge is 0.351 e. The Labute approximate surface area is 156 Å². The quantitative estimate of drug-likeness (QED) is 0.384. The van der Waals surface area contributed by atoms with Gasteiger partial charge in [-0.05, 0) is 40.2 Å². The summed E-state index contributed by atoms with van der Waals surface area (Å²) in [6.07, 6.45) is 0. The molecule has 0 radical (unpaired) electrons. The van der Waals surface area contributed by atoms with Crippen molar-refractivity contribution in [2.45, 2.75) is 4.90 Å². The molecule has 1 amide bonds. The minimum absolute atomic E-state index is 0.0509. The molecule has 2 rings (SSSR count). The number of amides is 1. The summed E-state index contributed by atoms with van der Waals surface area (Å²) in [6.45, 7) is -0.194. The molecule has 0 saturated heterocycles. The first-order valence-corrected chi connectivity index (χ1v) is 9.46. The van der Waals surface area contributed by atoms with Gasteiger partial charge in [0.2, 0.25) is 10.0 Å². The van der Waals surface area contributed by atoms with E-state index < -0.39 is 26.7 Å². The van der Waals surface area contributed by atoms with Crippen LogP contribution < -0.4 is 10.0 Å². The summed E-state index contributed by atoms with van der Waals surface area (Å²) in [5.74, 6) is -1.16. The maximum absolute atomic E-state index is 13.4. The second-order valence-corrected chi connectivity index (χ2v) is 7.66. The molecule has 2 aromatic rings. The van der Waals surface area contributed by atoms with E-state index in [1.165, 1.54) is 30.3 Å². The number of hydrogen-bond donors (Lipinski definition) is 2. The number of sulfonamides is 1. The van der Waals surface area contributed by atoms with Crippen LogP contribution in [-0.2, 0) is 10.0 Å². The van der Waals surface area contributed by atoms with Gasteiger partial charge >= 0.3 is 0 Å². The van der Waals surface area contributed by atoms with Crippen LogP contribution in [0.5, 0.6) is 0 Å². The van der Waals surface area contributed by atoms with Gasteiger partial charge in [0.25, 0.3) is 11.6 Å². The number of nitrogens with one attached hydrogen (secondary N) is 2. The van der Waals surface area contributed by atoms with Crippen LogP contribution in [0.2, 0.25) is 0 Å². The summed E-state index contributed by atoms with van der Waals surface area (Å²) < 4.78 is 40.0. The molecule has 0 aliphatic carbocycles. The molecule has 0 unspecified atom stereocenters. The van der Waals surface area contributed by atoms with Crippen molar-refractivity contribution in [3.05, 3.63) is 68.4 Å². The Morgan fingerprint density at radius 1 is 1.19 bits per heavy atom. The molecule has 2 aromatic carbocycles. The van der Waals surface area contributed by atoms with E-state index in [0.717, 1.165) is 12.1 Å². The van der Waals surface area contributed by atoms with Gasteiger partial charge in [-0.3, -0.25) is 14.9 Å². The molecular formula is C15H13BrFN3O5S. The predicted octanol–water partition coefficient (Wildman–Crippen LogP) is 2.20. The monoisotopic (exact) mass is 445 g/mol. The number of rotatable bonds is 7. The average Bonchev–Trinajstić information content (AvgIpc) is 2.61. The molecule has 0 spiro atoms. The predicted molar refractivity (Wildman–Crippen MR) is 94.7 cm³/mol. The van der Waals surface area contributed by atoms with E-state index in [-0.39, 0.29) is 33.7 Å². The van der Waals surface area contributed by atoms with Crippen LogP contribution in [0.15, 0.2) is 51.8 Å². The van der Waals surface area contributed by atoms with Crippen molar-refractivity contribution >= 4 is 37.5 Å². The van der Waals surface area contributed by atoms with E-state index in [2.05, 4.69) is 26.0 Å². The highest BCUT2D eigenvalue weighted by atomic mass is 79.9. The van der Waals surface area contributed by atoms with E-state index in [4.69, 9.17) is 0 Å². The summed E-state index contributed by atoms with van der Waals surface area (Å²) in [6, 6.07) is 8.44. The van der Waals surface area contributed by atoms with Crippen molar-refractivity contribution in [2.24, 2.45) is 0 Å². The van der Waals surface area contributed by atoms with Gasteiger partial charge in [0.15, 0.2) is 0 Å². The maximum atomic E-state index is 13.4. The summed E-state index contributed by atoms with van der Waals surface area (Å²) in [7, 11) is -3.96. The molecule has 0 aliphatic heterocycles. The minimum atomic E-state index is -3.96. The summed E-state index contributed by atoms with van der Waals surface area (Å²) in [5.41, 5.74) is -0.259. The van der Waals surface area contributed by atoms with Crippen molar-refractivity contribution in [2.75, 3.05) is 13.1 Å². The molecular weight excluding hydrogens is 433 g/mol. The number of nitro benzene ring substituents is 1. The third-order valence-electron chi connectivity index (χ3n) is 3.22. The van der Waals surface area contributed by atoms with Crippen molar-refractivity contribution < 1.29 is 22.5 Å².